The van der Waals surface area contributed by atoms with Crippen LogP contribution in [0.15, 0.2) is 98.1 Å². The van der Waals surface area contributed by atoms with E-state index in [1.54, 1.807) is 73.3 Å². The van der Waals surface area contributed by atoms with Crippen LogP contribution in [0.25, 0.3) is 0 Å². The van der Waals surface area contributed by atoms with Gasteiger partial charge in [0.15, 0.2) is 0 Å². The number of carbonyl (C=O) groups is 4. The molecular weight excluding hydrogens is 953 g/mol. The van der Waals surface area contributed by atoms with E-state index in [0.29, 0.717) is 70.9 Å². The van der Waals surface area contributed by atoms with E-state index < -0.39 is 23.9 Å². The van der Waals surface area contributed by atoms with Crippen LogP contribution in [-0.2, 0) is 25.7 Å². The van der Waals surface area contributed by atoms with E-state index in [1.165, 1.54) is 24.8 Å². The number of ether oxygens (including phenoxy) is 4. The van der Waals surface area contributed by atoms with Crippen molar-refractivity contribution in [2.45, 2.75) is 109 Å². The maximum absolute atomic E-state index is 14.1. The minimum atomic E-state index is -0.542. The molecule has 1 aliphatic carbocycles. The first-order valence-electron chi connectivity index (χ1n) is 25.3. The summed E-state index contributed by atoms with van der Waals surface area (Å²) in [5.74, 6) is -0.420. The molecule has 76 heavy (non-hydrogen) atoms. The fraction of sp³-hybridized carbons (Fsp3) is 0.250. The van der Waals surface area contributed by atoms with Gasteiger partial charge in [-0.2, -0.15) is 0 Å². The number of pyridine rings is 4. The molecule has 8 aromatic rings. The van der Waals surface area contributed by atoms with Crippen molar-refractivity contribution in [2.75, 3.05) is 0 Å². The summed E-state index contributed by atoms with van der Waals surface area (Å²) in [5.41, 5.74) is 19.0. The Morgan fingerprint density at radius 2 is 0.461 bits per heavy atom. The van der Waals surface area contributed by atoms with E-state index in [1.807, 2.05) is 55.4 Å². The SMILES string of the molecule is Cc1c2c(C)c(OC(=O)c3cccnc3)c(C)c1Cc1c(C)c(c(C)c(OC(=O)c3cccnc3)c1C)Cc1c(C)c(c(C)c(OC(=O)c3cccnc3)c1C)Cc1c(C)c(c(C)c(OC(=O)c3cccnc3)c1C)C2. The van der Waals surface area contributed by atoms with E-state index in [0.717, 1.165) is 111 Å². The summed E-state index contributed by atoms with van der Waals surface area (Å²) >= 11 is 0. The number of nitrogens with zero attached hydrogens (tertiary/aromatic N) is 4. The summed E-state index contributed by atoms with van der Waals surface area (Å²) < 4.78 is 25.9. The van der Waals surface area contributed by atoms with Crippen LogP contribution < -0.4 is 18.9 Å². The first-order chi connectivity index (χ1) is 36.4. The van der Waals surface area contributed by atoms with Gasteiger partial charge in [-0.05, 0) is 269 Å². The molecule has 0 fully saturated rings. The molecule has 0 saturated carbocycles. The topological polar surface area (TPSA) is 157 Å². The maximum Gasteiger partial charge on any atom is 0.345 e. The Bertz CT molecular complexity index is 3070. The summed E-state index contributed by atoms with van der Waals surface area (Å²) in [4.78, 5) is 73.1. The quantitative estimate of drug-likeness (QED) is 0.105. The Morgan fingerprint density at radius 3 is 0.605 bits per heavy atom. The smallest absolute Gasteiger partial charge is 0.345 e. The number of hydrogen-bond acceptors (Lipinski definition) is 12. The van der Waals surface area contributed by atoms with Gasteiger partial charge in [0.05, 0.1) is 22.3 Å². The van der Waals surface area contributed by atoms with Crippen molar-refractivity contribution in [1.82, 2.24) is 19.9 Å². The first-order valence-corrected chi connectivity index (χ1v) is 25.3. The van der Waals surface area contributed by atoms with E-state index in [9.17, 15) is 19.2 Å². The van der Waals surface area contributed by atoms with Crippen LogP contribution in [0, 0.1) is 83.1 Å². The normalized spacial score (nSPS) is 11.9. The minimum Gasteiger partial charge on any atom is -0.422 e. The van der Waals surface area contributed by atoms with Gasteiger partial charge in [-0.25, -0.2) is 19.2 Å². The number of fused-ring (bicyclic) bond motifs is 8. The van der Waals surface area contributed by atoms with Gasteiger partial charge >= 0.3 is 23.9 Å². The zero-order chi connectivity index (χ0) is 54.3. The van der Waals surface area contributed by atoms with Gasteiger partial charge in [0.1, 0.15) is 23.0 Å². The lowest BCUT2D eigenvalue weighted by Crippen LogP contribution is -2.18. The fourth-order valence-electron chi connectivity index (χ4n) is 11.2. The third-order valence-corrected chi connectivity index (χ3v) is 15.7. The summed E-state index contributed by atoms with van der Waals surface area (Å²) in [5, 5.41) is 0. The van der Waals surface area contributed by atoms with Crippen LogP contribution in [0.5, 0.6) is 23.0 Å². The van der Waals surface area contributed by atoms with Crippen LogP contribution in [0.4, 0.5) is 0 Å². The predicted molar refractivity (Wildman–Crippen MR) is 291 cm³/mol. The highest BCUT2D eigenvalue weighted by atomic mass is 16.5. The van der Waals surface area contributed by atoms with Crippen molar-refractivity contribution < 1.29 is 38.1 Å². The van der Waals surface area contributed by atoms with Crippen molar-refractivity contribution in [3.05, 3.63) is 232 Å². The number of hydrogen-bond donors (Lipinski definition) is 0. The van der Waals surface area contributed by atoms with E-state index in [4.69, 9.17) is 18.9 Å². The molecule has 9 rings (SSSR count). The number of aromatic nitrogens is 4. The molecule has 0 radical (unpaired) electrons. The Kier molecular flexibility index (Phi) is 14.6. The zero-order valence-electron chi connectivity index (χ0n) is 45.1. The molecule has 0 amide bonds. The largest absolute Gasteiger partial charge is 0.422 e. The highest BCUT2D eigenvalue weighted by Crippen LogP contribution is 2.45. The Labute approximate surface area is 443 Å². The van der Waals surface area contributed by atoms with Gasteiger partial charge in [-0.3, -0.25) is 19.9 Å². The summed E-state index contributed by atoms with van der Waals surface area (Å²) in [7, 11) is 0. The lowest BCUT2D eigenvalue weighted by Gasteiger charge is -2.29. The molecule has 0 aliphatic heterocycles. The molecule has 0 spiro atoms. The lowest BCUT2D eigenvalue weighted by atomic mass is 9.78. The molecule has 4 aromatic carbocycles. The average molecular weight is 1010 g/mol. The highest BCUT2D eigenvalue weighted by molar-refractivity contribution is 5.93. The summed E-state index contributed by atoms with van der Waals surface area (Å²) in [6.07, 6.45) is 13.9. The molecule has 0 N–H and O–H groups in total. The monoisotopic (exact) mass is 1010 g/mol. The highest BCUT2D eigenvalue weighted by Gasteiger charge is 2.31. The molecule has 4 heterocycles. The second kappa shape index (κ2) is 21.3. The third-order valence-electron chi connectivity index (χ3n) is 15.7. The molecular formula is C64H60N4O8. The summed E-state index contributed by atoms with van der Waals surface area (Å²) in [6.45, 7) is 24.3. The van der Waals surface area contributed by atoms with Crippen molar-refractivity contribution in [3.8, 4) is 23.0 Å². The van der Waals surface area contributed by atoms with Gasteiger partial charge in [0.25, 0.3) is 0 Å². The van der Waals surface area contributed by atoms with Gasteiger partial charge in [0.2, 0.25) is 0 Å². The Hall–Kier alpha value is -8.64. The number of benzene rings is 4. The number of carbonyl (C=O) groups excluding carboxylic acids is 4. The van der Waals surface area contributed by atoms with Crippen LogP contribution >= 0.6 is 0 Å². The van der Waals surface area contributed by atoms with E-state index in [2.05, 4.69) is 47.6 Å². The standard InChI is InChI=1S/C64H60N4O8/c1-33-49-25-51-34(2)53(41(9)58(39(51)7)74-62(70)46-18-14-22-66-30-46)27-55-36(4)56(44(12)60(43(55)11)76-64(72)48-20-16-24-68-32-48)28-54-35(3)52(40(8)59(42(54)10)75-63(71)47-19-15-23-67-31-47)26-50(33)38(6)57(37(49)5)73-61(69)45-17-13-21-65-29-45/h13-24,29-32H,25-28H2,1-12H3. The number of rotatable bonds is 8. The lowest BCUT2D eigenvalue weighted by molar-refractivity contribution is 0.0722. The zero-order valence-corrected chi connectivity index (χ0v) is 45.1. The molecule has 12 nitrogen and oxygen atoms in total. The minimum absolute atomic E-state index is 0.309. The second-order valence-electron chi connectivity index (χ2n) is 19.9. The van der Waals surface area contributed by atoms with Gasteiger partial charge in [0, 0.05) is 49.6 Å². The molecule has 4 aromatic heterocycles. The number of esters is 4. The second-order valence-corrected chi connectivity index (χ2v) is 19.9. The van der Waals surface area contributed by atoms with Crippen molar-refractivity contribution in [3.63, 3.8) is 0 Å². The molecule has 384 valence electrons. The van der Waals surface area contributed by atoms with Crippen molar-refractivity contribution in [2.24, 2.45) is 0 Å². The Morgan fingerprint density at radius 1 is 0.289 bits per heavy atom. The summed E-state index contributed by atoms with van der Waals surface area (Å²) in [6, 6.07) is 13.5. The van der Waals surface area contributed by atoms with Crippen LogP contribution in [0.3, 0.4) is 0 Å². The van der Waals surface area contributed by atoms with Gasteiger partial charge < -0.3 is 18.9 Å². The molecule has 8 bridgehead atoms. The van der Waals surface area contributed by atoms with Crippen LogP contribution in [0.2, 0.25) is 0 Å². The fourth-order valence-corrected chi connectivity index (χ4v) is 11.2. The van der Waals surface area contributed by atoms with Gasteiger partial charge in [-0.15, -0.1) is 0 Å². The molecule has 12 heteroatoms. The Balaban J connectivity index is 1.36. The molecule has 0 saturated heterocycles. The van der Waals surface area contributed by atoms with E-state index >= 15 is 0 Å². The molecule has 0 unspecified atom stereocenters. The molecule has 0 atom stereocenters. The predicted octanol–water partition coefficient (Wildman–Crippen LogP) is 12.5. The third kappa shape index (κ3) is 9.67. The van der Waals surface area contributed by atoms with E-state index in [-0.39, 0.29) is 0 Å². The van der Waals surface area contributed by atoms with Crippen molar-refractivity contribution in [1.29, 1.82) is 0 Å². The average Bonchev–Trinajstić information content (AvgIpc) is 3.43. The van der Waals surface area contributed by atoms with Crippen LogP contribution in [-0.4, -0.2) is 43.8 Å². The van der Waals surface area contributed by atoms with Gasteiger partial charge in [-0.1, -0.05) is 0 Å². The first kappa shape index (κ1) is 52.2. The van der Waals surface area contributed by atoms with Crippen molar-refractivity contribution >= 4 is 23.9 Å². The molecule has 1 aliphatic rings. The maximum atomic E-state index is 14.1. The van der Waals surface area contributed by atoms with Crippen LogP contribution in [0.1, 0.15) is 153 Å².